The lowest BCUT2D eigenvalue weighted by Crippen LogP contribution is -2.26. The molecular formula is C11H16N2O4S. The summed E-state index contributed by atoms with van der Waals surface area (Å²) in [5, 5.41) is 8.96. The van der Waals surface area contributed by atoms with E-state index in [1.54, 1.807) is 24.1 Å². The molecule has 0 aliphatic rings. The van der Waals surface area contributed by atoms with Crippen LogP contribution in [0.5, 0.6) is 0 Å². The molecule has 0 saturated heterocycles. The number of carboxylic acids is 1. The van der Waals surface area contributed by atoms with Crippen LogP contribution in [-0.4, -0.2) is 55.0 Å². The number of carboxylic acid groups (broad SMARTS) is 1. The summed E-state index contributed by atoms with van der Waals surface area (Å²) in [4.78, 5) is 16.5. The van der Waals surface area contributed by atoms with Crippen LogP contribution in [0.2, 0.25) is 0 Å². The molecule has 0 aliphatic carbocycles. The van der Waals surface area contributed by atoms with Crippen LogP contribution in [0.4, 0.5) is 0 Å². The van der Waals surface area contributed by atoms with E-state index in [-0.39, 0.29) is 11.4 Å². The Labute approximate surface area is 106 Å². The van der Waals surface area contributed by atoms with E-state index < -0.39 is 15.8 Å². The molecule has 7 heteroatoms. The van der Waals surface area contributed by atoms with Gasteiger partial charge in [-0.25, -0.2) is 18.2 Å². The second-order valence-electron chi connectivity index (χ2n) is 4.18. The normalized spacial score (nSPS) is 11.7. The second kappa shape index (κ2) is 5.92. The SMILES string of the molecule is CN(CCS(C)(=O)=O)Cc1cccnc1C(=O)O. The molecule has 0 fully saturated rings. The van der Waals surface area contributed by atoms with Crippen LogP contribution in [0.15, 0.2) is 18.3 Å². The molecule has 1 N–H and O–H groups in total. The van der Waals surface area contributed by atoms with Gasteiger partial charge in [0, 0.05) is 25.5 Å². The molecule has 0 unspecified atom stereocenters. The van der Waals surface area contributed by atoms with Crippen molar-refractivity contribution in [3.05, 3.63) is 29.6 Å². The fourth-order valence-electron chi connectivity index (χ4n) is 1.45. The maximum Gasteiger partial charge on any atom is 0.354 e. The van der Waals surface area contributed by atoms with Crippen LogP contribution >= 0.6 is 0 Å². The van der Waals surface area contributed by atoms with Crippen LogP contribution in [-0.2, 0) is 16.4 Å². The Bertz CT molecular complexity index is 528. The Morgan fingerprint density at radius 2 is 2.17 bits per heavy atom. The van der Waals surface area contributed by atoms with Crippen molar-refractivity contribution < 1.29 is 18.3 Å². The fraction of sp³-hybridized carbons (Fsp3) is 0.455. The molecule has 1 heterocycles. The van der Waals surface area contributed by atoms with Crippen LogP contribution in [0.1, 0.15) is 16.1 Å². The first-order chi connectivity index (χ1) is 8.29. The zero-order valence-electron chi connectivity index (χ0n) is 10.3. The first-order valence-corrected chi connectivity index (χ1v) is 7.39. The first-order valence-electron chi connectivity index (χ1n) is 5.33. The topological polar surface area (TPSA) is 87.6 Å². The van der Waals surface area contributed by atoms with E-state index >= 15 is 0 Å². The number of sulfone groups is 1. The van der Waals surface area contributed by atoms with Gasteiger partial charge in [-0.3, -0.25) is 0 Å². The van der Waals surface area contributed by atoms with Crippen molar-refractivity contribution >= 4 is 15.8 Å². The Morgan fingerprint density at radius 3 is 2.72 bits per heavy atom. The van der Waals surface area contributed by atoms with Gasteiger partial charge < -0.3 is 10.0 Å². The van der Waals surface area contributed by atoms with Crippen molar-refractivity contribution in [1.29, 1.82) is 0 Å². The summed E-state index contributed by atoms with van der Waals surface area (Å²) in [5.74, 6) is -1.03. The van der Waals surface area contributed by atoms with Crippen LogP contribution in [0.25, 0.3) is 0 Å². The van der Waals surface area contributed by atoms with E-state index in [2.05, 4.69) is 4.98 Å². The molecule has 6 nitrogen and oxygen atoms in total. The van der Waals surface area contributed by atoms with Crippen molar-refractivity contribution in [2.75, 3.05) is 25.6 Å². The number of rotatable bonds is 6. The number of aromatic carboxylic acids is 1. The minimum atomic E-state index is -3.01. The molecule has 0 atom stereocenters. The summed E-state index contributed by atoms with van der Waals surface area (Å²) in [7, 11) is -1.27. The van der Waals surface area contributed by atoms with Crippen LogP contribution in [0.3, 0.4) is 0 Å². The van der Waals surface area contributed by atoms with Crippen molar-refractivity contribution in [1.82, 2.24) is 9.88 Å². The van der Waals surface area contributed by atoms with Crippen molar-refractivity contribution in [2.45, 2.75) is 6.54 Å². The van der Waals surface area contributed by atoms with Crippen molar-refractivity contribution in [2.24, 2.45) is 0 Å². The van der Waals surface area contributed by atoms with Crippen LogP contribution < -0.4 is 0 Å². The molecule has 0 bridgehead atoms. The molecule has 1 aromatic heterocycles. The van der Waals surface area contributed by atoms with Gasteiger partial charge >= 0.3 is 5.97 Å². The lowest BCUT2D eigenvalue weighted by molar-refractivity contribution is 0.0688. The number of hydrogen-bond acceptors (Lipinski definition) is 5. The maximum absolute atomic E-state index is 11.0. The van der Waals surface area contributed by atoms with Gasteiger partial charge in [-0.15, -0.1) is 0 Å². The van der Waals surface area contributed by atoms with Gasteiger partial charge in [0.15, 0.2) is 5.69 Å². The van der Waals surface area contributed by atoms with Gasteiger partial charge in [-0.05, 0) is 18.7 Å². The van der Waals surface area contributed by atoms with Gasteiger partial charge in [0.05, 0.1) is 5.75 Å². The molecule has 0 saturated carbocycles. The Kier molecular flexibility index (Phi) is 4.80. The average Bonchev–Trinajstić information content (AvgIpc) is 2.26. The van der Waals surface area contributed by atoms with Gasteiger partial charge in [0.2, 0.25) is 0 Å². The zero-order chi connectivity index (χ0) is 13.8. The molecular weight excluding hydrogens is 256 g/mol. The van der Waals surface area contributed by atoms with Crippen molar-refractivity contribution in [3.63, 3.8) is 0 Å². The largest absolute Gasteiger partial charge is 0.477 e. The predicted molar refractivity (Wildman–Crippen MR) is 67.2 cm³/mol. The van der Waals surface area contributed by atoms with Gasteiger partial charge in [0.1, 0.15) is 9.84 Å². The fourth-order valence-corrected chi connectivity index (χ4v) is 2.09. The maximum atomic E-state index is 11.0. The Hall–Kier alpha value is -1.47. The minimum absolute atomic E-state index is 0.00343. The lowest BCUT2D eigenvalue weighted by atomic mass is 10.2. The third-order valence-electron chi connectivity index (χ3n) is 2.38. The smallest absolute Gasteiger partial charge is 0.354 e. The number of carbonyl (C=O) groups is 1. The summed E-state index contributed by atoms with van der Waals surface area (Å²) in [6, 6.07) is 3.33. The highest BCUT2D eigenvalue weighted by molar-refractivity contribution is 7.90. The lowest BCUT2D eigenvalue weighted by Gasteiger charge is -2.16. The standard InChI is InChI=1S/C11H16N2O4S/c1-13(6-7-18(2,16)17)8-9-4-3-5-12-10(9)11(14)15/h3-5H,6-8H2,1-2H3,(H,14,15). The quantitative estimate of drug-likeness (QED) is 0.799. The van der Waals surface area contributed by atoms with E-state index in [0.717, 1.165) is 0 Å². The van der Waals surface area contributed by atoms with Gasteiger partial charge in [-0.2, -0.15) is 0 Å². The number of nitrogens with zero attached hydrogens (tertiary/aromatic N) is 2. The van der Waals surface area contributed by atoms with E-state index in [9.17, 15) is 13.2 Å². The third kappa shape index (κ3) is 4.80. The highest BCUT2D eigenvalue weighted by Crippen LogP contribution is 2.08. The number of hydrogen-bond donors (Lipinski definition) is 1. The molecule has 100 valence electrons. The molecule has 1 aromatic rings. The van der Waals surface area contributed by atoms with E-state index in [4.69, 9.17) is 5.11 Å². The zero-order valence-corrected chi connectivity index (χ0v) is 11.1. The van der Waals surface area contributed by atoms with E-state index in [0.29, 0.717) is 18.7 Å². The van der Waals surface area contributed by atoms with Gasteiger partial charge in [0.25, 0.3) is 0 Å². The Morgan fingerprint density at radius 1 is 1.50 bits per heavy atom. The molecule has 0 spiro atoms. The van der Waals surface area contributed by atoms with Crippen molar-refractivity contribution in [3.8, 4) is 0 Å². The summed E-state index contributed by atoms with van der Waals surface area (Å²) >= 11 is 0. The van der Waals surface area contributed by atoms with Gasteiger partial charge in [-0.1, -0.05) is 6.07 Å². The monoisotopic (exact) mass is 272 g/mol. The highest BCUT2D eigenvalue weighted by atomic mass is 32.2. The molecule has 0 amide bonds. The summed E-state index contributed by atoms with van der Waals surface area (Å²) in [6.07, 6.45) is 2.59. The predicted octanol–water partition coefficient (Wildman–Crippen LogP) is 0.256. The van der Waals surface area contributed by atoms with E-state index in [1.807, 2.05) is 0 Å². The summed E-state index contributed by atoms with van der Waals surface area (Å²) in [5.41, 5.74) is 0.574. The van der Waals surface area contributed by atoms with Crippen LogP contribution in [0, 0.1) is 0 Å². The molecule has 18 heavy (non-hydrogen) atoms. The molecule has 1 rings (SSSR count). The second-order valence-corrected chi connectivity index (χ2v) is 6.44. The first kappa shape index (κ1) is 14.6. The average molecular weight is 272 g/mol. The number of aromatic nitrogens is 1. The third-order valence-corrected chi connectivity index (χ3v) is 3.30. The summed E-state index contributed by atoms with van der Waals surface area (Å²) < 4.78 is 22.1. The molecule has 0 radical (unpaired) electrons. The minimum Gasteiger partial charge on any atom is -0.477 e. The highest BCUT2D eigenvalue weighted by Gasteiger charge is 2.13. The summed E-state index contributed by atoms with van der Waals surface area (Å²) in [6.45, 7) is 0.706. The van der Waals surface area contributed by atoms with E-state index in [1.165, 1.54) is 12.5 Å². The molecule has 0 aliphatic heterocycles. The Balaban J connectivity index is 2.70. The number of pyridine rings is 1. The molecule has 0 aromatic carbocycles.